The summed E-state index contributed by atoms with van der Waals surface area (Å²) in [6, 6.07) is 7.46. The molecule has 2 fully saturated rings. The van der Waals surface area contributed by atoms with Gasteiger partial charge in [0.25, 0.3) is 5.91 Å². The van der Waals surface area contributed by atoms with Gasteiger partial charge in [-0.2, -0.15) is 0 Å². The number of carbonyl (C=O) groups excluding carboxylic acids is 1. The van der Waals surface area contributed by atoms with Gasteiger partial charge >= 0.3 is 0 Å². The summed E-state index contributed by atoms with van der Waals surface area (Å²) in [6.45, 7) is 0.642. The molecule has 0 radical (unpaired) electrons. The molecule has 1 aromatic carbocycles. The van der Waals surface area contributed by atoms with Crippen LogP contribution >= 0.6 is 0 Å². The summed E-state index contributed by atoms with van der Waals surface area (Å²) in [5, 5.41) is 12.7. The van der Waals surface area contributed by atoms with Crippen LogP contribution in [0.1, 0.15) is 61.7 Å². The van der Waals surface area contributed by atoms with Crippen molar-refractivity contribution in [2.45, 2.75) is 63.6 Å². The SMILES string of the molecule is O=C(NCC1CCCC(O)C1)c1cccc(OC2CCCC2)c1. The van der Waals surface area contributed by atoms with E-state index in [9.17, 15) is 9.90 Å². The highest BCUT2D eigenvalue weighted by Gasteiger charge is 2.21. The van der Waals surface area contributed by atoms with E-state index in [4.69, 9.17) is 4.74 Å². The molecule has 2 aliphatic rings. The summed E-state index contributed by atoms with van der Waals surface area (Å²) in [5.74, 6) is 1.13. The summed E-state index contributed by atoms with van der Waals surface area (Å²) in [7, 11) is 0. The van der Waals surface area contributed by atoms with Crippen molar-refractivity contribution in [1.82, 2.24) is 5.32 Å². The van der Waals surface area contributed by atoms with Gasteiger partial charge in [0.2, 0.25) is 0 Å². The lowest BCUT2D eigenvalue weighted by atomic mass is 9.87. The van der Waals surface area contributed by atoms with Crippen molar-refractivity contribution in [2.75, 3.05) is 6.54 Å². The van der Waals surface area contributed by atoms with Crippen LogP contribution in [0.25, 0.3) is 0 Å². The number of aliphatic hydroxyl groups excluding tert-OH is 1. The molecule has 2 N–H and O–H groups in total. The molecular formula is C19H27NO3. The molecule has 126 valence electrons. The number of ether oxygens (including phenoxy) is 1. The first-order chi connectivity index (χ1) is 11.2. The maximum Gasteiger partial charge on any atom is 0.251 e. The van der Waals surface area contributed by atoms with Gasteiger partial charge < -0.3 is 15.2 Å². The van der Waals surface area contributed by atoms with E-state index in [1.165, 1.54) is 12.8 Å². The van der Waals surface area contributed by atoms with E-state index in [0.717, 1.165) is 44.3 Å². The van der Waals surface area contributed by atoms with E-state index in [1.807, 2.05) is 24.3 Å². The second-order valence-corrected chi connectivity index (χ2v) is 6.95. The number of rotatable bonds is 5. The quantitative estimate of drug-likeness (QED) is 0.876. The molecule has 2 saturated carbocycles. The fraction of sp³-hybridized carbons (Fsp3) is 0.632. The van der Waals surface area contributed by atoms with E-state index in [-0.39, 0.29) is 12.0 Å². The molecule has 1 amide bonds. The topological polar surface area (TPSA) is 58.6 Å². The maximum atomic E-state index is 12.3. The zero-order valence-electron chi connectivity index (χ0n) is 13.7. The monoisotopic (exact) mass is 317 g/mol. The van der Waals surface area contributed by atoms with E-state index >= 15 is 0 Å². The summed E-state index contributed by atoms with van der Waals surface area (Å²) in [4.78, 5) is 12.3. The van der Waals surface area contributed by atoms with E-state index in [2.05, 4.69) is 5.32 Å². The second kappa shape index (κ2) is 7.82. The van der Waals surface area contributed by atoms with E-state index in [1.54, 1.807) is 0 Å². The molecular weight excluding hydrogens is 290 g/mol. The molecule has 2 unspecified atom stereocenters. The van der Waals surface area contributed by atoms with Crippen LogP contribution in [0.5, 0.6) is 5.75 Å². The Kier molecular flexibility index (Phi) is 5.55. The van der Waals surface area contributed by atoms with Crippen molar-refractivity contribution >= 4 is 5.91 Å². The Morgan fingerprint density at radius 2 is 2.00 bits per heavy atom. The fourth-order valence-electron chi connectivity index (χ4n) is 3.70. The van der Waals surface area contributed by atoms with E-state index in [0.29, 0.717) is 24.1 Å². The van der Waals surface area contributed by atoms with Crippen molar-refractivity contribution in [1.29, 1.82) is 0 Å². The van der Waals surface area contributed by atoms with Crippen molar-refractivity contribution in [2.24, 2.45) is 5.92 Å². The van der Waals surface area contributed by atoms with Crippen molar-refractivity contribution in [3.8, 4) is 5.75 Å². The molecule has 0 bridgehead atoms. The van der Waals surface area contributed by atoms with Gasteiger partial charge in [0, 0.05) is 12.1 Å². The Morgan fingerprint density at radius 3 is 2.78 bits per heavy atom. The molecule has 0 aliphatic heterocycles. The van der Waals surface area contributed by atoms with Gasteiger partial charge in [-0.15, -0.1) is 0 Å². The number of aliphatic hydroxyl groups is 1. The lowest BCUT2D eigenvalue weighted by Gasteiger charge is -2.25. The van der Waals surface area contributed by atoms with E-state index < -0.39 is 0 Å². The van der Waals surface area contributed by atoms with Crippen molar-refractivity contribution in [3.05, 3.63) is 29.8 Å². The normalized spacial score (nSPS) is 25.3. The second-order valence-electron chi connectivity index (χ2n) is 6.95. The number of hydrogen-bond donors (Lipinski definition) is 2. The van der Waals surface area contributed by atoms with Crippen LogP contribution in [0.3, 0.4) is 0 Å². The van der Waals surface area contributed by atoms with Gasteiger partial charge in [0.1, 0.15) is 5.75 Å². The molecule has 0 aromatic heterocycles. The number of hydrogen-bond acceptors (Lipinski definition) is 3. The Balaban J connectivity index is 1.52. The third-order valence-corrected chi connectivity index (χ3v) is 5.01. The zero-order chi connectivity index (χ0) is 16.1. The molecule has 0 spiro atoms. The van der Waals surface area contributed by atoms with Crippen LogP contribution < -0.4 is 10.1 Å². The molecule has 1 aromatic rings. The minimum atomic E-state index is -0.200. The number of carbonyl (C=O) groups is 1. The highest BCUT2D eigenvalue weighted by Crippen LogP contribution is 2.25. The largest absolute Gasteiger partial charge is 0.490 e. The van der Waals surface area contributed by atoms with Gasteiger partial charge in [-0.25, -0.2) is 0 Å². The molecule has 0 heterocycles. The molecule has 23 heavy (non-hydrogen) atoms. The molecule has 4 nitrogen and oxygen atoms in total. The first-order valence-electron chi connectivity index (χ1n) is 8.93. The Morgan fingerprint density at radius 1 is 1.17 bits per heavy atom. The minimum Gasteiger partial charge on any atom is -0.490 e. The van der Waals surface area contributed by atoms with Crippen LogP contribution in [0.4, 0.5) is 0 Å². The highest BCUT2D eigenvalue weighted by atomic mass is 16.5. The first kappa shape index (κ1) is 16.3. The predicted molar refractivity (Wildman–Crippen MR) is 89.6 cm³/mol. The molecule has 3 rings (SSSR count). The number of amides is 1. The van der Waals surface area contributed by atoms with Crippen molar-refractivity contribution in [3.63, 3.8) is 0 Å². The Bertz CT molecular complexity index is 525. The Hall–Kier alpha value is -1.55. The van der Waals surface area contributed by atoms with Gasteiger partial charge in [-0.3, -0.25) is 4.79 Å². The van der Waals surface area contributed by atoms with Gasteiger partial charge in [-0.05, 0) is 69.1 Å². The predicted octanol–water partition coefficient (Wildman–Crippen LogP) is 3.29. The van der Waals surface area contributed by atoms with Crippen LogP contribution in [-0.4, -0.2) is 29.8 Å². The van der Waals surface area contributed by atoms with Gasteiger partial charge in [0.05, 0.1) is 12.2 Å². The highest BCUT2D eigenvalue weighted by molar-refractivity contribution is 5.94. The first-order valence-corrected chi connectivity index (χ1v) is 8.93. The molecule has 2 aliphatic carbocycles. The standard InChI is InChI=1S/C19H27NO3/c21-16-7-3-5-14(11-16)13-20-19(22)15-6-4-10-18(12-15)23-17-8-1-2-9-17/h4,6,10,12,14,16-17,21H,1-3,5,7-9,11,13H2,(H,20,22). The number of benzene rings is 1. The zero-order valence-corrected chi connectivity index (χ0v) is 13.7. The van der Waals surface area contributed by atoms with Crippen LogP contribution in [0.15, 0.2) is 24.3 Å². The summed E-state index contributed by atoms with van der Waals surface area (Å²) in [5.41, 5.74) is 0.650. The molecule has 0 saturated heterocycles. The smallest absolute Gasteiger partial charge is 0.251 e. The maximum absolute atomic E-state index is 12.3. The minimum absolute atomic E-state index is 0.0538. The third kappa shape index (κ3) is 4.71. The van der Waals surface area contributed by atoms with Gasteiger partial charge in [-0.1, -0.05) is 12.5 Å². The van der Waals surface area contributed by atoms with Crippen LogP contribution in [0, 0.1) is 5.92 Å². The van der Waals surface area contributed by atoms with Crippen LogP contribution in [-0.2, 0) is 0 Å². The summed E-state index contributed by atoms with van der Waals surface area (Å²) >= 11 is 0. The molecule has 4 heteroatoms. The lowest BCUT2D eigenvalue weighted by molar-refractivity contribution is 0.0873. The summed E-state index contributed by atoms with van der Waals surface area (Å²) < 4.78 is 5.96. The average molecular weight is 317 g/mol. The Labute approximate surface area is 138 Å². The van der Waals surface area contributed by atoms with Crippen molar-refractivity contribution < 1.29 is 14.6 Å². The number of nitrogens with one attached hydrogen (secondary N) is 1. The molecule has 2 atom stereocenters. The third-order valence-electron chi connectivity index (χ3n) is 5.01. The van der Waals surface area contributed by atoms with Gasteiger partial charge in [0.15, 0.2) is 0 Å². The fourth-order valence-corrected chi connectivity index (χ4v) is 3.70. The average Bonchev–Trinajstić information content (AvgIpc) is 3.06. The van der Waals surface area contributed by atoms with Crippen LogP contribution in [0.2, 0.25) is 0 Å². The lowest BCUT2D eigenvalue weighted by Crippen LogP contribution is -2.33. The summed E-state index contributed by atoms with van der Waals surface area (Å²) in [6.07, 6.45) is 8.62.